The molecule has 1 aromatic heterocycles. The highest BCUT2D eigenvalue weighted by atomic mass is 19.1. The monoisotopic (exact) mass is 224 g/mol. The number of hydrogen-bond donors (Lipinski definition) is 1. The van der Waals surface area contributed by atoms with Crippen LogP contribution in [0.3, 0.4) is 0 Å². The van der Waals surface area contributed by atoms with Crippen LogP contribution in [0.15, 0.2) is 18.5 Å². The van der Waals surface area contributed by atoms with Crippen LogP contribution in [0.1, 0.15) is 19.3 Å². The number of nitrogens with zero attached hydrogens (tertiary/aromatic N) is 1. The Labute approximate surface area is 92.8 Å². The number of hydrogen-bond acceptors (Lipinski definition) is 3. The maximum absolute atomic E-state index is 13.2. The van der Waals surface area contributed by atoms with Gasteiger partial charge in [0.2, 0.25) is 5.91 Å². The summed E-state index contributed by atoms with van der Waals surface area (Å²) in [4.78, 5) is 15.1. The normalized spacial score (nSPS) is 19.7. The first-order chi connectivity index (χ1) is 7.75. The Morgan fingerprint density at radius 2 is 2.56 bits per heavy atom. The van der Waals surface area contributed by atoms with Crippen molar-refractivity contribution >= 4 is 11.6 Å². The summed E-state index contributed by atoms with van der Waals surface area (Å²) in [7, 11) is 0. The minimum Gasteiger partial charge on any atom is -0.378 e. The summed E-state index contributed by atoms with van der Waals surface area (Å²) in [5, 5.41) is 2.50. The molecule has 4 nitrogen and oxygen atoms in total. The molecule has 1 aromatic rings. The number of carbonyl (C=O) groups is 1. The lowest BCUT2D eigenvalue weighted by atomic mass is 10.2. The van der Waals surface area contributed by atoms with Crippen LogP contribution < -0.4 is 5.32 Å². The molecule has 0 spiro atoms. The molecule has 2 heterocycles. The van der Waals surface area contributed by atoms with Crippen molar-refractivity contribution in [2.45, 2.75) is 25.4 Å². The molecule has 0 saturated carbocycles. The molecule has 1 amide bonds. The van der Waals surface area contributed by atoms with Crippen molar-refractivity contribution in [3.05, 3.63) is 24.3 Å². The lowest BCUT2D eigenvalue weighted by Crippen LogP contribution is -2.19. The van der Waals surface area contributed by atoms with E-state index in [9.17, 15) is 9.18 Å². The van der Waals surface area contributed by atoms with Crippen molar-refractivity contribution in [2.24, 2.45) is 0 Å². The largest absolute Gasteiger partial charge is 0.378 e. The fourth-order valence-electron chi connectivity index (χ4n) is 1.69. The standard InChI is InChI=1S/C11H13FN2O2/c12-9-7-13-4-3-10(9)14-11(15)6-8-2-1-5-16-8/h3-4,7-8H,1-2,5-6H2,(H,13,14,15). The highest BCUT2D eigenvalue weighted by Crippen LogP contribution is 2.17. The van der Waals surface area contributed by atoms with Gasteiger partial charge in [-0.05, 0) is 18.9 Å². The third kappa shape index (κ3) is 2.76. The van der Waals surface area contributed by atoms with E-state index in [4.69, 9.17) is 4.74 Å². The van der Waals surface area contributed by atoms with E-state index in [-0.39, 0.29) is 24.1 Å². The lowest BCUT2D eigenvalue weighted by Gasteiger charge is -2.09. The summed E-state index contributed by atoms with van der Waals surface area (Å²) in [6.07, 6.45) is 4.65. The second kappa shape index (κ2) is 5.03. The minimum absolute atomic E-state index is 0.0232. The molecule has 0 radical (unpaired) electrons. The Morgan fingerprint density at radius 1 is 1.69 bits per heavy atom. The molecule has 1 aliphatic heterocycles. The predicted molar refractivity (Wildman–Crippen MR) is 56.4 cm³/mol. The van der Waals surface area contributed by atoms with Crippen molar-refractivity contribution in [3.63, 3.8) is 0 Å². The number of anilines is 1. The van der Waals surface area contributed by atoms with E-state index in [1.54, 1.807) is 0 Å². The maximum Gasteiger partial charge on any atom is 0.227 e. The number of amides is 1. The highest BCUT2D eigenvalue weighted by Gasteiger charge is 2.19. The lowest BCUT2D eigenvalue weighted by molar-refractivity contribution is -0.118. The van der Waals surface area contributed by atoms with E-state index in [1.807, 2.05) is 0 Å². The Morgan fingerprint density at radius 3 is 3.25 bits per heavy atom. The average Bonchev–Trinajstić information content (AvgIpc) is 2.74. The van der Waals surface area contributed by atoms with Crippen LogP contribution in [0.5, 0.6) is 0 Å². The topological polar surface area (TPSA) is 51.2 Å². The Bertz CT molecular complexity index is 378. The number of pyridine rings is 1. The number of ether oxygens (including phenoxy) is 1. The van der Waals surface area contributed by atoms with Crippen molar-refractivity contribution < 1.29 is 13.9 Å². The molecule has 0 aromatic carbocycles. The van der Waals surface area contributed by atoms with Crippen LogP contribution in [0.25, 0.3) is 0 Å². The quantitative estimate of drug-likeness (QED) is 0.850. The molecule has 5 heteroatoms. The summed E-state index contributed by atoms with van der Waals surface area (Å²) in [6, 6.07) is 1.43. The van der Waals surface area contributed by atoms with E-state index in [1.165, 1.54) is 12.3 Å². The van der Waals surface area contributed by atoms with Gasteiger partial charge >= 0.3 is 0 Å². The zero-order chi connectivity index (χ0) is 11.4. The molecule has 86 valence electrons. The molecule has 2 rings (SSSR count). The van der Waals surface area contributed by atoms with Gasteiger partial charge in [0.1, 0.15) is 0 Å². The Kier molecular flexibility index (Phi) is 3.46. The molecular formula is C11H13FN2O2. The molecule has 0 bridgehead atoms. The maximum atomic E-state index is 13.2. The van der Waals surface area contributed by atoms with Crippen LogP contribution in [0, 0.1) is 5.82 Å². The van der Waals surface area contributed by atoms with Crippen LogP contribution in [-0.2, 0) is 9.53 Å². The van der Waals surface area contributed by atoms with E-state index >= 15 is 0 Å². The van der Waals surface area contributed by atoms with Gasteiger partial charge in [0, 0.05) is 12.8 Å². The number of aromatic nitrogens is 1. The van der Waals surface area contributed by atoms with E-state index < -0.39 is 5.82 Å². The molecule has 1 saturated heterocycles. The fraction of sp³-hybridized carbons (Fsp3) is 0.455. The van der Waals surface area contributed by atoms with E-state index in [2.05, 4.69) is 10.3 Å². The summed E-state index contributed by atoms with van der Waals surface area (Å²) >= 11 is 0. The average molecular weight is 224 g/mol. The van der Waals surface area contributed by atoms with Gasteiger partial charge in [-0.15, -0.1) is 0 Å². The summed E-state index contributed by atoms with van der Waals surface area (Å²) < 4.78 is 18.5. The Hall–Kier alpha value is -1.49. The van der Waals surface area contributed by atoms with E-state index in [0.29, 0.717) is 6.61 Å². The minimum atomic E-state index is -0.525. The van der Waals surface area contributed by atoms with Crippen molar-refractivity contribution in [3.8, 4) is 0 Å². The van der Waals surface area contributed by atoms with Crippen LogP contribution in [-0.4, -0.2) is 23.6 Å². The Balaban J connectivity index is 1.89. The summed E-state index contributed by atoms with van der Waals surface area (Å²) in [5.41, 5.74) is 0.165. The van der Waals surface area contributed by atoms with Gasteiger partial charge in [-0.3, -0.25) is 9.78 Å². The molecule has 1 N–H and O–H groups in total. The highest BCUT2D eigenvalue weighted by molar-refractivity contribution is 5.91. The third-order valence-electron chi connectivity index (χ3n) is 2.48. The molecule has 1 atom stereocenters. The second-order valence-corrected chi connectivity index (χ2v) is 3.74. The van der Waals surface area contributed by atoms with Gasteiger partial charge < -0.3 is 10.1 Å². The molecular weight excluding hydrogens is 211 g/mol. The van der Waals surface area contributed by atoms with Crippen LogP contribution in [0.4, 0.5) is 10.1 Å². The van der Waals surface area contributed by atoms with Gasteiger partial charge in [-0.2, -0.15) is 0 Å². The summed E-state index contributed by atoms with van der Waals surface area (Å²) in [6.45, 7) is 0.710. The van der Waals surface area contributed by atoms with Crippen molar-refractivity contribution in [1.29, 1.82) is 0 Å². The van der Waals surface area contributed by atoms with E-state index in [0.717, 1.165) is 19.0 Å². The number of carbonyl (C=O) groups excluding carboxylic acids is 1. The van der Waals surface area contributed by atoms with Gasteiger partial charge in [-0.1, -0.05) is 0 Å². The van der Waals surface area contributed by atoms with Gasteiger partial charge in [0.25, 0.3) is 0 Å². The number of rotatable bonds is 3. The first-order valence-electron chi connectivity index (χ1n) is 5.26. The second-order valence-electron chi connectivity index (χ2n) is 3.74. The van der Waals surface area contributed by atoms with Gasteiger partial charge in [0.05, 0.1) is 24.4 Å². The number of nitrogens with one attached hydrogen (secondary N) is 1. The SMILES string of the molecule is O=C(CC1CCCO1)Nc1ccncc1F. The van der Waals surface area contributed by atoms with Crippen LogP contribution in [0.2, 0.25) is 0 Å². The van der Waals surface area contributed by atoms with Crippen LogP contribution >= 0.6 is 0 Å². The van der Waals surface area contributed by atoms with Crippen molar-refractivity contribution in [2.75, 3.05) is 11.9 Å². The zero-order valence-corrected chi connectivity index (χ0v) is 8.78. The van der Waals surface area contributed by atoms with Crippen molar-refractivity contribution in [1.82, 2.24) is 4.98 Å². The fourth-order valence-corrected chi connectivity index (χ4v) is 1.69. The molecule has 1 unspecified atom stereocenters. The van der Waals surface area contributed by atoms with Gasteiger partial charge in [-0.25, -0.2) is 4.39 Å². The molecule has 0 aliphatic carbocycles. The zero-order valence-electron chi connectivity index (χ0n) is 8.78. The first kappa shape index (κ1) is 11.0. The molecule has 16 heavy (non-hydrogen) atoms. The summed E-state index contributed by atoms with van der Waals surface area (Å²) in [5.74, 6) is -0.750. The predicted octanol–water partition coefficient (Wildman–Crippen LogP) is 1.73. The molecule has 1 aliphatic rings. The van der Waals surface area contributed by atoms with Gasteiger partial charge in [0.15, 0.2) is 5.82 Å². The smallest absolute Gasteiger partial charge is 0.227 e. The first-order valence-corrected chi connectivity index (χ1v) is 5.26. The third-order valence-corrected chi connectivity index (χ3v) is 2.48. The molecule has 1 fully saturated rings. The number of halogens is 1.